The minimum absolute atomic E-state index is 0.0976. The van der Waals surface area contributed by atoms with Crippen LogP contribution in [0, 0.1) is 15.9 Å². The van der Waals surface area contributed by atoms with Gasteiger partial charge in [0.25, 0.3) is 11.6 Å². The predicted octanol–water partition coefficient (Wildman–Crippen LogP) is 6.69. The molecule has 3 aromatic carbocycles. The number of carbonyl (C=O) groups excluding carboxylic acids is 1. The first-order valence-corrected chi connectivity index (χ1v) is 13.8. The number of nitro groups is 1. The zero-order valence-corrected chi connectivity index (χ0v) is 23.2. The molecule has 0 spiro atoms. The van der Waals surface area contributed by atoms with Gasteiger partial charge in [-0.1, -0.05) is 30.3 Å². The number of hydrogen-bond acceptors (Lipinski definition) is 5. The molecule has 1 amide bonds. The van der Waals surface area contributed by atoms with Crippen molar-refractivity contribution in [3.8, 4) is 22.4 Å². The van der Waals surface area contributed by atoms with Gasteiger partial charge in [-0.25, -0.2) is 9.37 Å². The summed E-state index contributed by atoms with van der Waals surface area (Å²) in [7, 11) is 0. The number of nitro benzene ring substituents is 1. The summed E-state index contributed by atoms with van der Waals surface area (Å²) in [6, 6.07) is 20.1. The van der Waals surface area contributed by atoms with Crippen molar-refractivity contribution < 1.29 is 27.3 Å². The summed E-state index contributed by atoms with van der Waals surface area (Å²) >= 11 is 0. The van der Waals surface area contributed by atoms with Crippen molar-refractivity contribution in [1.29, 1.82) is 0 Å². The lowest BCUT2D eigenvalue weighted by Gasteiger charge is -2.34. The van der Waals surface area contributed by atoms with Crippen molar-refractivity contribution in [1.82, 2.24) is 19.2 Å². The number of piperazine rings is 1. The second kappa shape index (κ2) is 11.5. The molecular formula is C32H25F4N5O3. The van der Waals surface area contributed by atoms with E-state index >= 15 is 0 Å². The van der Waals surface area contributed by atoms with Gasteiger partial charge in [0.2, 0.25) is 0 Å². The van der Waals surface area contributed by atoms with Crippen molar-refractivity contribution >= 4 is 17.2 Å². The van der Waals surface area contributed by atoms with E-state index in [4.69, 9.17) is 4.98 Å². The molecule has 5 aromatic rings. The zero-order chi connectivity index (χ0) is 31.0. The molecule has 1 saturated heterocycles. The van der Waals surface area contributed by atoms with E-state index in [-0.39, 0.29) is 17.2 Å². The molecule has 0 aliphatic carbocycles. The summed E-state index contributed by atoms with van der Waals surface area (Å²) in [6.45, 7) is 2.14. The van der Waals surface area contributed by atoms with Gasteiger partial charge < -0.3 is 9.30 Å². The molecule has 3 heterocycles. The lowest BCUT2D eigenvalue weighted by atomic mass is 10.0. The third-order valence-corrected chi connectivity index (χ3v) is 7.68. The Hall–Kier alpha value is -5.10. The van der Waals surface area contributed by atoms with Crippen LogP contribution in [-0.2, 0) is 12.7 Å². The first-order valence-electron chi connectivity index (χ1n) is 13.8. The Bertz CT molecular complexity index is 1880. The van der Waals surface area contributed by atoms with Gasteiger partial charge in [-0.3, -0.25) is 19.8 Å². The Labute approximate surface area is 248 Å². The minimum atomic E-state index is -4.49. The fourth-order valence-corrected chi connectivity index (χ4v) is 5.41. The van der Waals surface area contributed by atoms with Gasteiger partial charge in [0.05, 0.1) is 21.9 Å². The fraction of sp³-hybridized carbons (Fsp3) is 0.188. The number of non-ortho nitro benzene ring substituents is 1. The zero-order valence-electron chi connectivity index (χ0n) is 23.2. The topological polar surface area (TPSA) is 84.0 Å². The largest absolute Gasteiger partial charge is 0.416 e. The van der Waals surface area contributed by atoms with E-state index in [9.17, 15) is 32.5 Å². The lowest BCUT2D eigenvalue weighted by molar-refractivity contribution is -0.384. The number of pyridine rings is 1. The average molecular weight is 604 g/mol. The molecular weight excluding hydrogens is 578 g/mol. The Morgan fingerprint density at radius 1 is 0.864 bits per heavy atom. The number of benzene rings is 3. The van der Waals surface area contributed by atoms with Crippen molar-refractivity contribution in [2.75, 3.05) is 26.2 Å². The normalized spacial score (nSPS) is 14.2. The summed E-state index contributed by atoms with van der Waals surface area (Å²) in [6.07, 6.45) is -2.77. The number of carbonyl (C=O) groups is 1. The highest BCUT2D eigenvalue weighted by Gasteiger charge is 2.30. The van der Waals surface area contributed by atoms with Crippen LogP contribution in [0.25, 0.3) is 28.0 Å². The van der Waals surface area contributed by atoms with Crippen LogP contribution >= 0.6 is 0 Å². The van der Waals surface area contributed by atoms with Crippen LogP contribution in [-0.4, -0.2) is 56.2 Å². The summed E-state index contributed by atoms with van der Waals surface area (Å²) in [4.78, 5) is 32.5. The van der Waals surface area contributed by atoms with Crippen LogP contribution < -0.4 is 0 Å². The van der Waals surface area contributed by atoms with Crippen LogP contribution in [0.15, 0.2) is 91.1 Å². The van der Waals surface area contributed by atoms with Crippen LogP contribution in [0.1, 0.15) is 21.6 Å². The number of imidazole rings is 1. The lowest BCUT2D eigenvalue weighted by Crippen LogP contribution is -2.48. The van der Waals surface area contributed by atoms with Crippen molar-refractivity contribution in [2.45, 2.75) is 12.7 Å². The molecule has 6 rings (SSSR count). The van der Waals surface area contributed by atoms with E-state index in [0.29, 0.717) is 66.4 Å². The Morgan fingerprint density at radius 2 is 1.59 bits per heavy atom. The maximum atomic E-state index is 13.7. The number of hydrogen-bond donors (Lipinski definition) is 0. The summed E-state index contributed by atoms with van der Waals surface area (Å²) in [5, 5.41) is 11.5. The third-order valence-electron chi connectivity index (χ3n) is 7.68. The molecule has 0 N–H and O–H groups in total. The van der Waals surface area contributed by atoms with Crippen LogP contribution in [0.3, 0.4) is 0 Å². The van der Waals surface area contributed by atoms with Crippen LogP contribution in [0.5, 0.6) is 0 Å². The maximum absolute atomic E-state index is 13.7. The molecule has 0 bridgehead atoms. The summed E-state index contributed by atoms with van der Waals surface area (Å²) in [5.41, 5.74) is 2.59. The quantitative estimate of drug-likeness (QED) is 0.123. The van der Waals surface area contributed by atoms with Gasteiger partial charge >= 0.3 is 6.18 Å². The first kappa shape index (κ1) is 29.0. The molecule has 12 heteroatoms. The minimum Gasteiger partial charge on any atom is -0.336 e. The van der Waals surface area contributed by atoms with E-state index in [1.54, 1.807) is 51.9 Å². The molecule has 1 fully saturated rings. The molecule has 0 unspecified atom stereocenters. The van der Waals surface area contributed by atoms with Gasteiger partial charge in [-0.15, -0.1) is 0 Å². The van der Waals surface area contributed by atoms with Gasteiger partial charge in [-0.2, -0.15) is 13.2 Å². The highest BCUT2D eigenvalue weighted by molar-refractivity contribution is 5.94. The highest BCUT2D eigenvalue weighted by atomic mass is 19.4. The molecule has 1 aliphatic heterocycles. The van der Waals surface area contributed by atoms with Crippen molar-refractivity contribution in [2.24, 2.45) is 0 Å². The van der Waals surface area contributed by atoms with Gasteiger partial charge in [0.1, 0.15) is 11.5 Å². The number of alkyl halides is 3. The van der Waals surface area contributed by atoms with Crippen LogP contribution in [0.2, 0.25) is 0 Å². The monoisotopic (exact) mass is 603 g/mol. The smallest absolute Gasteiger partial charge is 0.336 e. The summed E-state index contributed by atoms with van der Waals surface area (Å²) < 4.78 is 55.7. The molecule has 0 atom stereocenters. The van der Waals surface area contributed by atoms with Gasteiger partial charge in [0.15, 0.2) is 0 Å². The number of rotatable bonds is 6. The van der Waals surface area contributed by atoms with Crippen molar-refractivity contribution in [3.63, 3.8) is 0 Å². The maximum Gasteiger partial charge on any atom is 0.416 e. The van der Waals surface area contributed by atoms with E-state index in [2.05, 4.69) is 4.90 Å². The van der Waals surface area contributed by atoms with Crippen molar-refractivity contribution in [3.05, 3.63) is 124 Å². The molecule has 1 aliphatic rings. The van der Waals surface area contributed by atoms with Gasteiger partial charge in [0, 0.05) is 62.2 Å². The standard InChI is InChI=1S/C32H25F4N5O3/c33-26-8-2-6-23(17-26)31(42)39-14-12-38(13-15-39)20-28-30(22-5-3-9-27(18-22)41(43)44)37-29-11-10-24(19-40(28)29)21-4-1-7-25(16-21)32(34,35)36/h1-11,16-19H,12-15,20H2. The Kier molecular flexibility index (Phi) is 7.60. The van der Waals surface area contributed by atoms with E-state index < -0.39 is 22.5 Å². The molecule has 0 saturated carbocycles. The first-order chi connectivity index (χ1) is 21.1. The molecule has 0 radical (unpaired) electrons. The van der Waals surface area contributed by atoms with E-state index in [1.165, 1.54) is 36.4 Å². The highest BCUT2D eigenvalue weighted by Crippen LogP contribution is 2.34. The predicted molar refractivity (Wildman–Crippen MR) is 155 cm³/mol. The van der Waals surface area contributed by atoms with Crippen LogP contribution in [0.4, 0.5) is 23.2 Å². The molecule has 44 heavy (non-hydrogen) atoms. The second-order valence-electron chi connectivity index (χ2n) is 10.5. The van der Waals surface area contributed by atoms with Gasteiger partial charge in [-0.05, 0) is 53.6 Å². The second-order valence-corrected chi connectivity index (χ2v) is 10.5. The average Bonchev–Trinajstić information content (AvgIpc) is 3.38. The molecule has 2 aromatic heterocycles. The number of fused-ring (bicyclic) bond motifs is 1. The summed E-state index contributed by atoms with van der Waals surface area (Å²) in [5.74, 6) is -0.748. The number of halogens is 4. The Balaban J connectivity index is 1.34. The Morgan fingerprint density at radius 3 is 2.32 bits per heavy atom. The SMILES string of the molecule is O=C(c1cccc(F)c1)N1CCN(Cc2c(-c3cccc([N+](=O)[O-])c3)nc3ccc(-c4cccc(C(F)(F)F)c4)cn23)CC1. The number of nitrogens with zero attached hydrogens (tertiary/aromatic N) is 5. The van der Waals surface area contributed by atoms with E-state index in [1.807, 2.05) is 0 Å². The fourth-order valence-electron chi connectivity index (χ4n) is 5.41. The molecule has 224 valence electrons. The number of aromatic nitrogens is 2. The third kappa shape index (κ3) is 5.88. The number of amides is 1. The molecule has 8 nitrogen and oxygen atoms in total. The van der Waals surface area contributed by atoms with E-state index in [0.717, 1.165) is 12.1 Å².